The minimum atomic E-state index is -0.620. The van der Waals surface area contributed by atoms with Crippen molar-refractivity contribution >= 4 is 34.0 Å². The molecular weight excluding hydrogens is 452 g/mol. The molecule has 1 N–H and O–H groups in total. The van der Waals surface area contributed by atoms with Crippen molar-refractivity contribution in [2.24, 2.45) is 0 Å². The van der Waals surface area contributed by atoms with Crippen LogP contribution in [0.1, 0.15) is 78.2 Å². The number of nitrogens with one attached hydrogen (secondary N) is 1. The third-order valence-corrected chi connectivity index (χ3v) is 6.86. The summed E-state index contributed by atoms with van der Waals surface area (Å²) in [5, 5.41) is 12.7. The van der Waals surface area contributed by atoms with Crippen LogP contribution in [0, 0.1) is 11.3 Å². The summed E-state index contributed by atoms with van der Waals surface area (Å²) in [6.07, 6.45) is 7.01. The standard InChI is InChI=1S/C26H30N2O5S/c1-2-3-6-15-32-19-11-9-18(10-12-19)22(29)13-14-25(31)33-17-24(30)28-26-21(16-27)20-7-4-5-8-23(20)34-26/h9-12H,2-8,13-15,17H2,1H3,(H,28,30). The SMILES string of the molecule is CCCCCOc1ccc(C(=O)CCC(=O)OCC(=O)Nc2sc3c(c2C#N)CCCC3)cc1. The second-order valence-electron chi connectivity index (χ2n) is 8.24. The van der Waals surface area contributed by atoms with E-state index in [2.05, 4.69) is 18.3 Å². The number of Topliss-reactive ketones (excluding diaryl/α,β-unsaturated/α-hetero) is 1. The first-order valence-electron chi connectivity index (χ1n) is 11.8. The number of nitrogens with zero attached hydrogens (tertiary/aromatic N) is 1. The summed E-state index contributed by atoms with van der Waals surface area (Å²) in [7, 11) is 0. The quantitative estimate of drug-likeness (QED) is 0.253. The third kappa shape index (κ3) is 7.16. The van der Waals surface area contributed by atoms with E-state index in [0.717, 1.165) is 55.4 Å². The molecular formula is C26H30N2O5S. The lowest BCUT2D eigenvalue weighted by atomic mass is 9.96. The van der Waals surface area contributed by atoms with Crippen LogP contribution in [-0.2, 0) is 27.2 Å². The van der Waals surface area contributed by atoms with Crippen molar-refractivity contribution in [2.45, 2.75) is 64.7 Å². The molecule has 0 fully saturated rings. The van der Waals surface area contributed by atoms with Crippen molar-refractivity contribution in [3.63, 3.8) is 0 Å². The van der Waals surface area contributed by atoms with E-state index in [9.17, 15) is 19.6 Å². The van der Waals surface area contributed by atoms with Gasteiger partial charge in [-0.2, -0.15) is 5.26 Å². The minimum absolute atomic E-state index is 0.00657. The molecule has 3 rings (SSSR count). The molecule has 0 radical (unpaired) electrons. The Morgan fingerprint density at radius 1 is 1.09 bits per heavy atom. The van der Waals surface area contributed by atoms with Crippen molar-refractivity contribution in [2.75, 3.05) is 18.5 Å². The molecule has 1 aliphatic rings. The van der Waals surface area contributed by atoms with Crippen molar-refractivity contribution in [1.29, 1.82) is 5.26 Å². The van der Waals surface area contributed by atoms with Crippen LogP contribution in [0.3, 0.4) is 0 Å². The number of ether oxygens (including phenoxy) is 2. The van der Waals surface area contributed by atoms with Crippen molar-refractivity contribution in [3.8, 4) is 11.8 Å². The van der Waals surface area contributed by atoms with Crippen molar-refractivity contribution < 1.29 is 23.9 Å². The molecule has 1 aromatic carbocycles. The second-order valence-corrected chi connectivity index (χ2v) is 9.34. The molecule has 0 spiro atoms. The Kier molecular flexibility index (Phi) is 9.65. The molecule has 0 unspecified atom stereocenters. The number of hydrogen-bond acceptors (Lipinski definition) is 7. The van der Waals surface area contributed by atoms with Gasteiger partial charge < -0.3 is 14.8 Å². The highest BCUT2D eigenvalue weighted by Gasteiger charge is 2.22. The normalized spacial score (nSPS) is 12.4. The summed E-state index contributed by atoms with van der Waals surface area (Å²) < 4.78 is 10.7. The van der Waals surface area contributed by atoms with Crippen LogP contribution < -0.4 is 10.1 Å². The van der Waals surface area contributed by atoms with Gasteiger partial charge in [-0.15, -0.1) is 11.3 Å². The van der Waals surface area contributed by atoms with Gasteiger partial charge in [0, 0.05) is 16.9 Å². The van der Waals surface area contributed by atoms with Gasteiger partial charge in [-0.3, -0.25) is 14.4 Å². The van der Waals surface area contributed by atoms with Crippen LogP contribution >= 0.6 is 11.3 Å². The number of hydrogen-bond donors (Lipinski definition) is 1. The maximum absolute atomic E-state index is 12.3. The van der Waals surface area contributed by atoms with Crippen LogP contribution in [0.15, 0.2) is 24.3 Å². The number of esters is 1. The van der Waals surface area contributed by atoms with Gasteiger partial charge in [0.2, 0.25) is 0 Å². The third-order valence-electron chi connectivity index (χ3n) is 5.65. The van der Waals surface area contributed by atoms with Gasteiger partial charge in [0.05, 0.1) is 18.6 Å². The van der Waals surface area contributed by atoms with Gasteiger partial charge in [0.15, 0.2) is 12.4 Å². The van der Waals surface area contributed by atoms with E-state index >= 15 is 0 Å². The number of benzene rings is 1. The average molecular weight is 483 g/mol. The zero-order valence-electron chi connectivity index (χ0n) is 19.5. The van der Waals surface area contributed by atoms with Gasteiger partial charge in [-0.1, -0.05) is 19.8 Å². The fourth-order valence-corrected chi connectivity index (χ4v) is 5.05. The van der Waals surface area contributed by atoms with E-state index in [-0.39, 0.29) is 18.6 Å². The Hall–Kier alpha value is -3.18. The number of aryl methyl sites for hydroxylation is 1. The lowest BCUT2D eigenvalue weighted by Gasteiger charge is -2.09. The Morgan fingerprint density at radius 3 is 2.59 bits per heavy atom. The number of ketones is 1. The van der Waals surface area contributed by atoms with Gasteiger partial charge in [-0.05, 0) is 61.9 Å². The largest absolute Gasteiger partial charge is 0.494 e. The molecule has 7 nitrogen and oxygen atoms in total. The van der Waals surface area contributed by atoms with Crippen LogP contribution in [0.5, 0.6) is 5.75 Å². The number of anilines is 1. The number of fused-ring (bicyclic) bond motifs is 1. The lowest BCUT2D eigenvalue weighted by molar-refractivity contribution is -0.147. The van der Waals surface area contributed by atoms with Crippen LogP contribution in [0.25, 0.3) is 0 Å². The highest BCUT2D eigenvalue weighted by atomic mass is 32.1. The summed E-state index contributed by atoms with van der Waals surface area (Å²) in [6, 6.07) is 9.05. The van der Waals surface area contributed by atoms with E-state index in [1.54, 1.807) is 24.3 Å². The second kappa shape index (κ2) is 12.9. The molecule has 1 heterocycles. The number of carbonyl (C=O) groups is 3. The first-order valence-corrected chi connectivity index (χ1v) is 12.6. The zero-order chi connectivity index (χ0) is 24.3. The number of thiophene rings is 1. The molecule has 1 aliphatic carbocycles. The van der Waals surface area contributed by atoms with Crippen LogP contribution in [0.2, 0.25) is 0 Å². The monoisotopic (exact) mass is 482 g/mol. The maximum Gasteiger partial charge on any atom is 0.306 e. The molecule has 0 atom stereocenters. The number of unbranched alkanes of at least 4 members (excludes halogenated alkanes) is 2. The molecule has 0 saturated heterocycles. The predicted molar refractivity (Wildman–Crippen MR) is 130 cm³/mol. The molecule has 2 aromatic rings. The molecule has 8 heteroatoms. The number of amides is 1. The number of carbonyl (C=O) groups excluding carboxylic acids is 3. The van der Waals surface area contributed by atoms with E-state index in [1.807, 2.05) is 0 Å². The van der Waals surface area contributed by atoms with Gasteiger partial charge in [0.1, 0.15) is 16.8 Å². The summed E-state index contributed by atoms with van der Waals surface area (Å²) in [5.41, 5.74) is 2.04. The fourth-order valence-electron chi connectivity index (χ4n) is 3.79. The molecule has 1 amide bonds. The lowest BCUT2D eigenvalue weighted by Crippen LogP contribution is -2.21. The highest BCUT2D eigenvalue weighted by Crippen LogP contribution is 2.37. The smallest absolute Gasteiger partial charge is 0.306 e. The van der Waals surface area contributed by atoms with Crippen LogP contribution in [-0.4, -0.2) is 30.9 Å². The summed E-state index contributed by atoms with van der Waals surface area (Å²) in [5.74, 6) is -0.583. The summed E-state index contributed by atoms with van der Waals surface area (Å²) >= 11 is 1.42. The molecule has 34 heavy (non-hydrogen) atoms. The van der Waals surface area contributed by atoms with E-state index in [1.165, 1.54) is 11.3 Å². The summed E-state index contributed by atoms with van der Waals surface area (Å²) in [4.78, 5) is 37.7. The van der Waals surface area contributed by atoms with E-state index in [0.29, 0.717) is 28.5 Å². The number of rotatable bonds is 12. The zero-order valence-corrected chi connectivity index (χ0v) is 20.3. The van der Waals surface area contributed by atoms with E-state index in [4.69, 9.17) is 9.47 Å². The molecule has 0 aliphatic heterocycles. The fraction of sp³-hybridized carbons (Fsp3) is 0.462. The predicted octanol–water partition coefficient (Wildman–Crippen LogP) is 5.21. The maximum atomic E-state index is 12.3. The van der Waals surface area contributed by atoms with Gasteiger partial charge in [-0.25, -0.2) is 0 Å². The van der Waals surface area contributed by atoms with Crippen molar-refractivity contribution in [1.82, 2.24) is 0 Å². The molecule has 0 bridgehead atoms. The first kappa shape index (κ1) is 25.4. The molecule has 0 saturated carbocycles. The average Bonchev–Trinajstić information content (AvgIpc) is 3.21. The Labute approximate surface area is 204 Å². The Bertz CT molecular complexity index is 1050. The Morgan fingerprint density at radius 2 is 1.85 bits per heavy atom. The topological polar surface area (TPSA) is 105 Å². The Balaban J connectivity index is 1.40. The molecule has 1 aromatic heterocycles. The van der Waals surface area contributed by atoms with Gasteiger partial charge >= 0.3 is 5.97 Å². The van der Waals surface area contributed by atoms with Gasteiger partial charge in [0.25, 0.3) is 5.91 Å². The van der Waals surface area contributed by atoms with E-state index < -0.39 is 18.5 Å². The first-order chi connectivity index (χ1) is 16.5. The highest BCUT2D eigenvalue weighted by molar-refractivity contribution is 7.16. The number of nitriles is 1. The van der Waals surface area contributed by atoms with Crippen molar-refractivity contribution in [3.05, 3.63) is 45.8 Å². The minimum Gasteiger partial charge on any atom is -0.494 e. The summed E-state index contributed by atoms with van der Waals surface area (Å²) in [6.45, 7) is 2.32. The van der Waals surface area contributed by atoms with Crippen LogP contribution in [0.4, 0.5) is 5.00 Å². The molecule has 180 valence electrons.